The normalized spacial score (nSPS) is 24.5. The molecular formula is C28H35N3O6. The number of benzene rings is 2. The zero-order chi connectivity index (χ0) is 25.8. The summed E-state index contributed by atoms with van der Waals surface area (Å²) in [7, 11) is 1.62. The minimum absolute atomic E-state index is 0.0417. The van der Waals surface area contributed by atoms with E-state index in [0.717, 1.165) is 48.3 Å². The first kappa shape index (κ1) is 25.4. The van der Waals surface area contributed by atoms with Crippen LogP contribution in [0, 0.1) is 0 Å². The molecule has 9 nitrogen and oxygen atoms in total. The van der Waals surface area contributed by atoms with Gasteiger partial charge in [0.25, 0.3) is 0 Å². The molecule has 5 rings (SSSR count). The van der Waals surface area contributed by atoms with Crippen LogP contribution < -0.4 is 25.4 Å². The van der Waals surface area contributed by atoms with Crippen LogP contribution in [-0.2, 0) is 16.1 Å². The molecule has 9 heteroatoms. The molecule has 3 amide bonds. The molecule has 1 aliphatic carbocycles. The summed E-state index contributed by atoms with van der Waals surface area (Å²) in [5, 5.41) is 18.9. The summed E-state index contributed by atoms with van der Waals surface area (Å²) in [4.78, 5) is 25.2. The number of ether oxygens (including phenoxy) is 3. The summed E-state index contributed by atoms with van der Waals surface area (Å²) in [6.07, 6.45) is 3.90. The Labute approximate surface area is 216 Å². The largest absolute Gasteiger partial charge is 0.497 e. The third-order valence-electron chi connectivity index (χ3n) is 7.51. The number of fused-ring (bicyclic) bond motifs is 3. The van der Waals surface area contributed by atoms with E-state index >= 15 is 0 Å². The van der Waals surface area contributed by atoms with Gasteiger partial charge in [-0.2, -0.15) is 0 Å². The Bertz CT molecular complexity index is 1100. The lowest BCUT2D eigenvalue weighted by Gasteiger charge is -2.37. The zero-order valence-electron chi connectivity index (χ0n) is 21.1. The van der Waals surface area contributed by atoms with Crippen LogP contribution in [0.15, 0.2) is 42.5 Å². The number of aliphatic hydroxyl groups excluding tert-OH is 1. The van der Waals surface area contributed by atoms with Crippen molar-refractivity contribution in [2.75, 3.05) is 19.0 Å². The monoisotopic (exact) mass is 509 g/mol. The van der Waals surface area contributed by atoms with Crippen LogP contribution >= 0.6 is 0 Å². The van der Waals surface area contributed by atoms with Gasteiger partial charge in [0.1, 0.15) is 23.7 Å². The Hall–Kier alpha value is -3.30. The van der Waals surface area contributed by atoms with Crippen LogP contribution in [0.2, 0.25) is 0 Å². The molecule has 37 heavy (non-hydrogen) atoms. The highest BCUT2D eigenvalue weighted by atomic mass is 16.6. The second-order valence-corrected chi connectivity index (χ2v) is 10.1. The second kappa shape index (κ2) is 11.4. The number of urea groups is 1. The van der Waals surface area contributed by atoms with Gasteiger partial charge in [0.2, 0.25) is 5.91 Å². The fourth-order valence-corrected chi connectivity index (χ4v) is 5.61. The second-order valence-electron chi connectivity index (χ2n) is 10.1. The van der Waals surface area contributed by atoms with E-state index in [1.54, 1.807) is 7.11 Å². The molecular weight excluding hydrogens is 474 g/mol. The molecule has 0 radical (unpaired) electrons. The van der Waals surface area contributed by atoms with Crippen molar-refractivity contribution in [2.24, 2.45) is 0 Å². The van der Waals surface area contributed by atoms with Gasteiger partial charge in [-0.3, -0.25) is 4.79 Å². The summed E-state index contributed by atoms with van der Waals surface area (Å²) in [6, 6.07) is 13.2. The van der Waals surface area contributed by atoms with E-state index in [4.69, 9.17) is 14.2 Å². The average molecular weight is 510 g/mol. The molecule has 2 aliphatic heterocycles. The van der Waals surface area contributed by atoms with E-state index in [2.05, 4.69) is 16.0 Å². The molecule has 0 spiro atoms. The highest BCUT2D eigenvalue weighted by molar-refractivity contribution is 5.89. The lowest BCUT2D eigenvalue weighted by atomic mass is 9.84. The minimum atomic E-state index is -0.535. The minimum Gasteiger partial charge on any atom is -0.497 e. The first-order valence-electron chi connectivity index (χ1n) is 13.1. The fraction of sp³-hybridized carbons (Fsp3) is 0.500. The van der Waals surface area contributed by atoms with Gasteiger partial charge in [-0.25, -0.2) is 4.79 Å². The maximum atomic E-state index is 12.7. The molecule has 2 aromatic carbocycles. The lowest BCUT2D eigenvalue weighted by molar-refractivity contribution is -0.142. The third kappa shape index (κ3) is 5.99. The lowest BCUT2D eigenvalue weighted by Crippen LogP contribution is -2.47. The maximum absolute atomic E-state index is 12.7. The number of amides is 3. The molecule has 1 saturated carbocycles. The predicted molar refractivity (Wildman–Crippen MR) is 138 cm³/mol. The summed E-state index contributed by atoms with van der Waals surface area (Å²) >= 11 is 0. The smallest absolute Gasteiger partial charge is 0.319 e. The number of nitrogens with one attached hydrogen (secondary N) is 3. The molecule has 1 saturated heterocycles. The summed E-state index contributed by atoms with van der Waals surface area (Å²) in [5.41, 5.74) is 2.63. The average Bonchev–Trinajstić information content (AvgIpc) is 3.55. The molecule has 2 aromatic rings. The van der Waals surface area contributed by atoms with Crippen molar-refractivity contribution in [1.82, 2.24) is 10.6 Å². The molecule has 0 aromatic heterocycles. The van der Waals surface area contributed by atoms with E-state index in [1.807, 2.05) is 42.5 Å². The quantitative estimate of drug-likeness (QED) is 0.433. The van der Waals surface area contributed by atoms with Gasteiger partial charge in [-0.1, -0.05) is 25.0 Å². The highest BCUT2D eigenvalue weighted by Gasteiger charge is 2.46. The molecule has 4 atom stereocenters. The molecule has 2 heterocycles. The van der Waals surface area contributed by atoms with Crippen molar-refractivity contribution in [3.8, 4) is 11.5 Å². The highest BCUT2D eigenvalue weighted by Crippen LogP contribution is 2.47. The van der Waals surface area contributed by atoms with Crippen molar-refractivity contribution in [2.45, 2.75) is 75.3 Å². The molecule has 3 aliphatic rings. The van der Waals surface area contributed by atoms with E-state index < -0.39 is 6.10 Å². The van der Waals surface area contributed by atoms with Crippen LogP contribution in [-0.4, -0.2) is 55.1 Å². The number of methoxy groups -OCH3 is 1. The zero-order valence-corrected chi connectivity index (χ0v) is 21.1. The Morgan fingerprint density at radius 1 is 1.11 bits per heavy atom. The molecule has 4 N–H and O–H groups in total. The molecule has 2 fully saturated rings. The van der Waals surface area contributed by atoms with Crippen LogP contribution in [0.5, 0.6) is 11.5 Å². The van der Waals surface area contributed by atoms with Crippen LogP contribution in [0.1, 0.15) is 55.6 Å². The van der Waals surface area contributed by atoms with Crippen molar-refractivity contribution in [3.05, 3.63) is 53.6 Å². The van der Waals surface area contributed by atoms with Gasteiger partial charge in [0, 0.05) is 29.8 Å². The number of hydrogen-bond donors (Lipinski definition) is 4. The number of carbonyl (C=O) groups excluding carboxylic acids is 2. The molecule has 0 unspecified atom stereocenters. The summed E-state index contributed by atoms with van der Waals surface area (Å²) in [5.74, 6) is 1.33. The van der Waals surface area contributed by atoms with E-state index in [0.29, 0.717) is 18.7 Å². The Kier molecular flexibility index (Phi) is 7.81. The van der Waals surface area contributed by atoms with Gasteiger partial charge >= 0.3 is 6.03 Å². The Balaban J connectivity index is 1.20. The number of carbonyl (C=O) groups is 2. The predicted octanol–water partition coefficient (Wildman–Crippen LogP) is 3.46. The van der Waals surface area contributed by atoms with Gasteiger partial charge < -0.3 is 35.3 Å². The Morgan fingerprint density at radius 3 is 2.62 bits per heavy atom. The SMILES string of the molecule is COc1ccc(CNC(=O)C[C@H]2C[C@@H]3c4cc(NC(=O)NC5CCCC5)ccc4O[C@@H]3[C@H](CO)O2)cc1. The van der Waals surface area contributed by atoms with Gasteiger partial charge in [0.15, 0.2) is 0 Å². The Morgan fingerprint density at radius 2 is 1.89 bits per heavy atom. The van der Waals surface area contributed by atoms with E-state index in [-0.39, 0.29) is 49.1 Å². The standard InChI is InChI=1S/C28H35N3O6/c1-35-20-9-6-17(7-10-20)15-29-26(33)14-21-13-23-22-12-19(31-28(34)30-18-4-2-3-5-18)8-11-24(22)37-27(23)25(16-32)36-21/h6-12,18,21,23,25,27,32H,2-5,13-16H2,1H3,(H,29,33)(H2,30,31,34)/t21-,23-,25+,27+/m1/s1. The molecule has 198 valence electrons. The van der Waals surface area contributed by atoms with Crippen molar-refractivity contribution in [1.29, 1.82) is 0 Å². The van der Waals surface area contributed by atoms with Gasteiger partial charge in [-0.15, -0.1) is 0 Å². The van der Waals surface area contributed by atoms with E-state index in [9.17, 15) is 14.7 Å². The summed E-state index contributed by atoms with van der Waals surface area (Å²) in [6.45, 7) is 0.211. The third-order valence-corrected chi connectivity index (χ3v) is 7.51. The van der Waals surface area contributed by atoms with Crippen molar-refractivity contribution < 1.29 is 28.9 Å². The first-order valence-corrected chi connectivity index (χ1v) is 13.1. The number of hydrogen-bond acceptors (Lipinski definition) is 6. The van der Waals surface area contributed by atoms with Crippen molar-refractivity contribution >= 4 is 17.6 Å². The van der Waals surface area contributed by atoms with Crippen LogP contribution in [0.3, 0.4) is 0 Å². The van der Waals surface area contributed by atoms with Gasteiger partial charge in [0.05, 0.1) is 26.2 Å². The number of rotatable bonds is 8. The maximum Gasteiger partial charge on any atom is 0.319 e. The van der Waals surface area contributed by atoms with E-state index in [1.165, 1.54) is 0 Å². The van der Waals surface area contributed by atoms with Crippen molar-refractivity contribution in [3.63, 3.8) is 0 Å². The van der Waals surface area contributed by atoms with Crippen LogP contribution in [0.4, 0.5) is 10.5 Å². The molecule has 0 bridgehead atoms. The van der Waals surface area contributed by atoms with Crippen LogP contribution in [0.25, 0.3) is 0 Å². The number of aliphatic hydroxyl groups is 1. The fourth-order valence-electron chi connectivity index (χ4n) is 5.61. The summed E-state index contributed by atoms with van der Waals surface area (Å²) < 4.78 is 17.4. The van der Waals surface area contributed by atoms with Gasteiger partial charge in [-0.05, 0) is 55.2 Å². The number of anilines is 1. The topological polar surface area (TPSA) is 118 Å². The first-order chi connectivity index (χ1) is 18.0.